The second kappa shape index (κ2) is 5.19. The van der Waals surface area contributed by atoms with Crippen LogP contribution in [0.15, 0.2) is 24.3 Å². The highest BCUT2D eigenvalue weighted by molar-refractivity contribution is 5.75. The van der Waals surface area contributed by atoms with Crippen molar-refractivity contribution in [3.8, 4) is 5.75 Å². The summed E-state index contributed by atoms with van der Waals surface area (Å²) in [5.41, 5.74) is 1.17. The molecule has 0 spiro atoms. The number of nitrogens with one attached hydrogen (secondary N) is 1. The van der Waals surface area contributed by atoms with Crippen molar-refractivity contribution in [2.24, 2.45) is 0 Å². The van der Waals surface area contributed by atoms with E-state index >= 15 is 0 Å². The highest BCUT2D eigenvalue weighted by atomic mass is 16.5. The molecular formula is C13H17NO3. The Bertz CT molecular complexity index is 388. The van der Waals surface area contributed by atoms with Gasteiger partial charge >= 0.3 is 5.97 Å². The minimum absolute atomic E-state index is 0.200. The maximum absolute atomic E-state index is 11.5. The van der Waals surface area contributed by atoms with Crippen LogP contribution in [0.4, 0.5) is 0 Å². The Morgan fingerprint density at radius 3 is 2.76 bits per heavy atom. The number of phenolic OH excluding ortho intramolecular Hbond substituents is 1. The van der Waals surface area contributed by atoms with E-state index in [1.165, 1.54) is 12.7 Å². The van der Waals surface area contributed by atoms with Crippen molar-refractivity contribution in [1.82, 2.24) is 5.32 Å². The van der Waals surface area contributed by atoms with Crippen molar-refractivity contribution < 1.29 is 14.6 Å². The fourth-order valence-electron chi connectivity index (χ4n) is 2.29. The quantitative estimate of drug-likeness (QED) is 0.761. The Kier molecular flexibility index (Phi) is 3.64. The number of piperidine rings is 1. The zero-order valence-corrected chi connectivity index (χ0v) is 9.85. The van der Waals surface area contributed by atoms with Crippen LogP contribution in [0.3, 0.4) is 0 Å². The third-order valence-corrected chi connectivity index (χ3v) is 3.25. The molecule has 1 aliphatic rings. The van der Waals surface area contributed by atoms with E-state index in [-0.39, 0.29) is 17.8 Å². The minimum Gasteiger partial charge on any atom is -0.508 e. The van der Waals surface area contributed by atoms with Gasteiger partial charge < -0.3 is 15.2 Å². The Hall–Kier alpha value is -1.55. The van der Waals surface area contributed by atoms with Crippen molar-refractivity contribution in [3.05, 3.63) is 29.8 Å². The molecule has 2 atom stereocenters. The normalized spacial score (nSPS) is 24.3. The standard InChI is InChI=1S/C13H17NO3/c1-17-13(16)12-8-10(6-7-14-12)9-2-4-11(15)5-3-9/h2-5,10,12,14-15H,6-8H2,1H3. The second-order valence-corrected chi connectivity index (χ2v) is 4.34. The molecule has 1 aliphatic heterocycles. The highest BCUT2D eigenvalue weighted by Crippen LogP contribution is 2.29. The van der Waals surface area contributed by atoms with E-state index in [9.17, 15) is 9.90 Å². The van der Waals surface area contributed by atoms with E-state index in [1.807, 2.05) is 12.1 Å². The number of esters is 1. The average Bonchev–Trinajstić information content (AvgIpc) is 2.39. The Balaban J connectivity index is 2.06. The Morgan fingerprint density at radius 2 is 2.12 bits per heavy atom. The van der Waals surface area contributed by atoms with Gasteiger partial charge in [0.05, 0.1) is 7.11 Å². The molecule has 1 aromatic rings. The van der Waals surface area contributed by atoms with Gasteiger partial charge in [0.2, 0.25) is 0 Å². The van der Waals surface area contributed by atoms with E-state index in [0.29, 0.717) is 5.92 Å². The van der Waals surface area contributed by atoms with Gasteiger partial charge in [-0.3, -0.25) is 4.79 Å². The summed E-state index contributed by atoms with van der Waals surface area (Å²) in [5, 5.41) is 12.4. The van der Waals surface area contributed by atoms with E-state index < -0.39 is 0 Å². The summed E-state index contributed by atoms with van der Waals surface area (Å²) in [6.45, 7) is 0.811. The minimum atomic E-state index is -0.215. The van der Waals surface area contributed by atoms with Crippen LogP contribution >= 0.6 is 0 Å². The first-order chi connectivity index (χ1) is 8.20. The zero-order valence-electron chi connectivity index (χ0n) is 9.85. The molecule has 17 heavy (non-hydrogen) atoms. The molecule has 0 aliphatic carbocycles. The number of carbonyl (C=O) groups is 1. The van der Waals surface area contributed by atoms with E-state index in [2.05, 4.69) is 5.32 Å². The van der Waals surface area contributed by atoms with Gasteiger partial charge in [-0.1, -0.05) is 12.1 Å². The molecule has 0 amide bonds. The summed E-state index contributed by atoms with van der Waals surface area (Å²) < 4.78 is 4.75. The second-order valence-electron chi connectivity index (χ2n) is 4.34. The van der Waals surface area contributed by atoms with Crippen LogP contribution in [0.2, 0.25) is 0 Å². The summed E-state index contributed by atoms with van der Waals surface area (Å²) >= 11 is 0. The number of hydrogen-bond donors (Lipinski definition) is 2. The molecule has 2 rings (SSSR count). The monoisotopic (exact) mass is 235 g/mol. The van der Waals surface area contributed by atoms with Crippen LogP contribution in [-0.4, -0.2) is 30.8 Å². The van der Waals surface area contributed by atoms with E-state index in [0.717, 1.165) is 19.4 Å². The SMILES string of the molecule is COC(=O)C1CC(c2ccc(O)cc2)CCN1. The molecule has 1 fully saturated rings. The topological polar surface area (TPSA) is 58.6 Å². The van der Waals surface area contributed by atoms with Crippen LogP contribution in [0.5, 0.6) is 5.75 Å². The molecule has 2 N–H and O–H groups in total. The predicted octanol–water partition coefficient (Wildman–Crippen LogP) is 1.40. The average molecular weight is 235 g/mol. The molecule has 4 heteroatoms. The maximum Gasteiger partial charge on any atom is 0.322 e. The lowest BCUT2D eigenvalue weighted by atomic mass is 9.86. The summed E-state index contributed by atoms with van der Waals surface area (Å²) in [6.07, 6.45) is 1.75. The number of methoxy groups -OCH3 is 1. The summed E-state index contributed by atoms with van der Waals surface area (Å²) in [5.74, 6) is 0.418. The van der Waals surface area contributed by atoms with Crippen LogP contribution in [0.1, 0.15) is 24.3 Å². The molecule has 1 aromatic carbocycles. The first-order valence-electron chi connectivity index (χ1n) is 5.81. The summed E-state index contributed by atoms with van der Waals surface area (Å²) in [6, 6.07) is 6.99. The lowest BCUT2D eigenvalue weighted by molar-refractivity contribution is -0.143. The molecular weight excluding hydrogens is 218 g/mol. The number of rotatable bonds is 2. The van der Waals surface area contributed by atoms with Crippen LogP contribution in [0.25, 0.3) is 0 Å². The fraction of sp³-hybridized carbons (Fsp3) is 0.462. The van der Waals surface area contributed by atoms with Crippen molar-refractivity contribution in [2.75, 3.05) is 13.7 Å². The van der Waals surface area contributed by atoms with Gasteiger partial charge in [0.1, 0.15) is 11.8 Å². The van der Waals surface area contributed by atoms with Gasteiger partial charge in [0.15, 0.2) is 0 Å². The summed E-state index contributed by atoms with van der Waals surface area (Å²) in [4.78, 5) is 11.5. The van der Waals surface area contributed by atoms with Crippen LogP contribution in [-0.2, 0) is 9.53 Å². The van der Waals surface area contributed by atoms with Gasteiger partial charge in [-0.15, -0.1) is 0 Å². The molecule has 0 radical (unpaired) electrons. The van der Waals surface area contributed by atoms with Crippen LogP contribution in [0, 0.1) is 0 Å². The first kappa shape index (κ1) is 11.9. The van der Waals surface area contributed by atoms with Crippen molar-refractivity contribution in [3.63, 3.8) is 0 Å². The smallest absolute Gasteiger partial charge is 0.322 e. The van der Waals surface area contributed by atoms with Gasteiger partial charge in [0, 0.05) is 0 Å². The number of phenols is 1. The zero-order chi connectivity index (χ0) is 12.3. The number of ether oxygens (including phenoxy) is 1. The maximum atomic E-state index is 11.5. The summed E-state index contributed by atoms with van der Waals surface area (Å²) in [7, 11) is 1.41. The molecule has 92 valence electrons. The third kappa shape index (κ3) is 2.77. The molecule has 1 saturated heterocycles. The molecule has 1 heterocycles. The number of hydrogen-bond acceptors (Lipinski definition) is 4. The van der Waals surface area contributed by atoms with Gasteiger partial charge in [-0.2, -0.15) is 0 Å². The van der Waals surface area contributed by atoms with Crippen molar-refractivity contribution >= 4 is 5.97 Å². The van der Waals surface area contributed by atoms with E-state index in [4.69, 9.17) is 4.74 Å². The van der Waals surface area contributed by atoms with Crippen molar-refractivity contribution in [1.29, 1.82) is 0 Å². The first-order valence-corrected chi connectivity index (χ1v) is 5.81. The Labute approximate surface area is 101 Å². The van der Waals surface area contributed by atoms with Gasteiger partial charge in [-0.05, 0) is 43.0 Å². The largest absolute Gasteiger partial charge is 0.508 e. The van der Waals surface area contributed by atoms with Gasteiger partial charge in [0.25, 0.3) is 0 Å². The Morgan fingerprint density at radius 1 is 1.41 bits per heavy atom. The van der Waals surface area contributed by atoms with Crippen molar-refractivity contribution in [2.45, 2.75) is 24.8 Å². The number of aromatic hydroxyl groups is 1. The highest BCUT2D eigenvalue weighted by Gasteiger charge is 2.28. The molecule has 4 nitrogen and oxygen atoms in total. The van der Waals surface area contributed by atoms with Crippen LogP contribution < -0.4 is 5.32 Å². The van der Waals surface area contributed by atoms with E-state index in [1.54, 1.807) is 12.1 Å². The lowest BCUT2D eigenvalue weighted by Gasteiger charge is -2.28. The molecule has 2 unspecified atom stereocenters. The number of benzene rings is 1. The van der Waals surface area contributed by atoms with Gasteiger partial charge in [-0.25, -0.2) is 0 Å². The molecule has 0 aromatic heterocycles. The molecule has 0 bridgehead atoms. The fourth-order valence-corrected chi connectivity index (χ4v) is 2.29. The number of carbonyl (C=O) groups excluding carboxylic acids is 1. The lowest BCUT2D eigenvalue weighted by Crippen LogP contribution is -2.43. The third-order valence-electron chi connectivity index (χ3n) is 3.25. The molecule has 0 saturated carbocycles. The predicted molar refractivity (Wildman–Crippen MR) is 63.9 cm³/mol.